The Morgan fingerprint density at radius 2 is 1.90 bits per heavy atom. The summed E-state index contributed by atoms with van der Waals surface area (Å²) in [5.74, 6) is 1.21. The van der Waals surface area contributed by atoms with Gasteiger partial charge in [0.1, 0.15) is 5.75 Å². The Labute approximate surface area is 119 Å². The van der Waals surface area contributed by atoms with Crippen LogP contribution < -0.4 is 14.8 Å². The maximum Gasteiger partial charge on any atom is 0.325 e. The topological polar surface area (TPSA) is 56.3 Å². The van der Waals surface area contributed by atoms with Gasteiger partial charge in [-0.2, -0.15) is 4.98 Å². The predicted molar refractivity (Wildman–Crippen MR) is 77.1 cm³/mol. The zero-order chi connectivity index (χ0) is 14.4. The monoisotopic (exact) mass is 273 g/mol. The number of ether oxygens (including phenoxy) is 2. The second-order valence-electron chi connectivity index (χ2n) is 4.62. The first-order valence-electron chi connectivity index (χ1n) is 6.58. The van der Waals surface area contributed by atoms with E-state index < -0.39 is 0 Å². The third kappa shape index (κ3) is 4.20. The summed E-state index contributed by atoms with van der Waals surface area (Å²) in [4.78, 5) is 8.27. The molecule has 5 heteroatoms. The highest BCUT2D eigenvalue weighted by atomic mass is 16.5. The molecule has 0 bridgehead atoms. The van der Waals surface area contributed by atoms with E-state index >= 15 is 0 Å². The van der Waals surface area contributed by atoms with Gasteiger partial charge in [0, 0.05) is 18.8 Å². The van der Waals surface area contributed by atoms with Crippen molar-refractivity contribution in [1.29, 1.82) is 0 Å². The summed E-state index contributed by atoms with van der Waals surface area (Å²) in [6.45, 7) is 4.72. The molecule has 5 nitrogen and oxygen atoms in total. The van der Waals surface area contributed by atoms with Crippen LogP contribution in [0.3, 0.4) is 0 Å². The summed E-state index contributed by atoms with van der Waals surface area (Å²) in [5, 5.41) is 3.10. The molecule has 0 amide bonds. The molecule has 0 fully saturated rings. The van der Waals surface area contributed by atoms with Crippen molar-refractivity contribution in [2.75, 3.05) is 7.05 Å². The Kier molecular flexibility index (Phi) is 4.90. The number of rotatable bonds is 6. The predicted octanol–water partition coefficient (Wildman–Crippen LogP) is 2.78. The molecule has 0 spiro atoms. The van der Waals surface area contributed by atoms with Crippen LogP contribution >= 0.6 is 0 Å². The highest BCUT2D eigenvalue weighted by molar-refractivity contribution is 5.29. The van der Waals surface area contributed by atoms with E-state index in [0.717, 1.165) is 6.54 Å². The van der Waals surface area contributed by atoms with Crippen LogP contribution in [0.4, 0.5) is 0 Å². The first kappa shape index (κ1) is 14.3. The molecule has 1 aromatic carbocycles. The van der Waals surface area contributed by atoms with Crippen LogP contribution in [0.25, 0.3) is 0 Å². The molecule has 2 aromatic rings. The smallest absolute Gasteiger partial charge is 0.325 e. The summed E-state index contributed by atoms with van der Waals surface area (Å²) < 4.78 is 11.1. The molecule has 0 saturated carbocycles. The molecule has 1 N–H and O–H groups in total. The van der Waals surface area contributed by atoms with E-state index in [-0.39, 0.29) is 12.1 Å². The van der Waals surface area contributed by atoms with Gasteiger partial charge >= 0.3 is 6.01 Å². The van der Waals surface area contributed by atoms with Gasteiger partial charge in [-0.25, -0.2) is 4.98 Å². The van der Waals surface area contributed by atoms with Gasteiger partial charge in [-0.3, -0.25) is 0 Å². The molecule has 1 heterocycles. The summed E-state index contributed by atoms with van der Waals surface area (Å²) in [6, 6.07) is 9.78. The second kappa shape index (κ2) is 6.86. The average Bonchev–Trinajstić information content (AvgIpc) is 2.41. The first-order chi connectivity index (χ1) is 9.67. The Bertz CT molecular complexity index is 541. The first-order valence-corrected chi connectivity index (χ1v) is 6.58. The van der Waals surface area contributed by atoms with Crippen molar-refractivity contribution < 1.29 is 9.47 Å². The number of aromatic nitrogens is 2. The number of hydrogen-bond donors (Lipinski definition) is 1. The maximum atomic E-state index is 5.61. The lowest BCUT2D eigenvalue weighted by Crippen LogP contribution is -2.07. The van der Waals surface area contributed by atoms with Crippen LogP contribution in [0.2, 0.25) is 0 Å². The Morgan fingerprint density at radius 3 is 2.55 bits per heavy atom. The van der Waals surface area contributed by atoms with Gasteiger partial charge in [-0.05, 0) is 38.6 Å². The Balaban J connectivity index is 2.05. The Morgan fingerprint density at radius 1 is 1.15 bits per heavy atom. The van der Waals surface area contributed by atoms with Crippen LogP contribution in [-0.4, -0.2) is 23.1 Å². The zero-order valence-corrected chi connectivity index (χ0v) is 12.0. The van der Waals surface area contributed by atoms with Crippen molar-refractivity contribution >= 4 is 0 Å². The highest BCUT2D eigenvalue weighted by Crippen LogP contribution is 2.20. The third-order valence-electron chi connectivity index (χ3n) is 2.48. The van der Waals surface area contributed by atoms with E-state index in [1.165, 1.54) is 5.56 Å². The number of nitrogens with one attached hydrogen (secondary N) is 1. The van der Waals surface area contributed by atoms with Crippen LogP contribution in [0.1, 0.15) is 19.4 Å². The van der Waals surface area contributed by atoms with Gasteiger partial charge in [0.25, 0.3) is 0 Å². The van der Waals surface area contributed by atoms with E-state index in [1.807, 2.05) is 45.2 Å². The van der Waals surface area contributed by atoms with Crippen molar-refractivity contribution in [3.8, 4) is 17.6 Å². The normalized spacial score (nSPS) is 10.6. The van der Waals surface area contributed by atoms with Gasteiger partial charge in [-0.15, -0.1) is 0 Å². The van der Waals surface area contributed by atoms with Crippen LogP contribution in [0.15, 0.2) is 36.5 Å². The van der Waals surface area contributed by atoms with Crippen LogP contribution in [-0.2, 0) is 6.54 Å². The largest absolute Gasteiger partial charge is 0.475 e. The summed E-state index contributed by atoms with van der Waals surface area (Å²) in [6.07, 6.45) is 1.69. The fourth-order valence-corrected chi connectivity index (χ4v) is 1.67. The van der Waals surface area contributed by atoms with Crippen molar-refractivity contribution in [2.45, 2.75) is 26.5 Å². The third-order valence-corrected chi connectivity index (χ3v) is 2.48. The van der Waals surface area contributed by atoms with Crippen LogP contribution in [0.5, 0.6) is 17.6 Å². The standard InChI is InChI=1S/C15H19N3O2/c1-11(2)19-14-8-9-17-15(18-14)20-13-6-4-12(5-7-13)10-16-3/h4-9,11,16H,10H2,1-3H3. The minimum Gasteiger partial charge on any atom is -0.475 e. The molecule has 2 rings (SSSR count). The van der Waals surface area contributed by atoms with Gasteiger partial charge in [0.15, 0.2) is 0 Å². The van der Waals surface area contributed by atoms with Crippen LogP contribution in [0, 0.1) is 0 Å². The molecule has 0 aliphatic heterocycles. The lowest BCUT2D eigenvalue weighted by molar-refractivity contribution is 0.229. The zero-order valence-electron chi connectivity index (χ0n) is 12.0. The van der Waals surface area contributed by atoms with Crippen molar-refractivity contribution in [3.63, 3.8) is 0 Å². The second-order valence-corrected chi connectivity index (χ2v) is 4.62. The van der Waals surface area contributed by atoms with Gasteiger partial charge < -0.3 is 14.8 Å². The van der Waals surface area contributed by atoms with Crippen molar-refractivity contribution in [3.05, 3.63) is 42.1 Å². The molecule has 1 aromatic heterocycles. The lowest BCUT2D eigenvalue weighted by Gasteiger charge is -2.09. The van der Waals surface area contributed by atoms with E-state index in [0.29, 0.717) is 11.6 Å². The molecule has 0 atom stereocenters. The minimum atomic E-state index is 0.0681. The molecule has 0 saturated heterocycles. The average molecular weight is 273 g/mol. The molecular weight excluding hydrogens is 254 g/mol. The number of benzene rings is 1. The lowest BCUT2D eigenvalue weighted by atomic mass is 10.2. The molecular formula is C15H19N3O2. The minimum absolute atomic E-state index is 0.0681. The summed E-state index contributed by atoms with van der Waals surface area (Å²) in [7, 11) is 1.92. The van der Waals surface area contributed by atoms with Crippen molar-refractivity contribution in [1.82, 2.24) is 15.3 Å². The van der Waals surface area contributed by atoms with Gasteiger partial charge in [0.2, 0.25) is 5.88 Å². The quantitative estimate of drug-likeness (QED) is 0.877. The SMILES string of the molecule is CNCc1ccc(Oc2nccc(OC(C)C)n2)cc1. The number of hydrogen-bond acceptors (Lipinski definition) is 5. The fraction of sp³-hybridized carbons (Fsp3) is 0.333. The molecule has 0 aliphatic carbocycles. The molecule has 0 aliphatic rings. The van der Waals surface area contributed by atoms with Gasteiger partial charge in [0.05, 0.1) is 6.10 Å². The van der Waals surface area contributed by atoms with Gasteiger partial charge in [-0.1, -0.05) is 12.1 Å². The van der Waals surface area contributed by atoms with E-state index in [4.69, 9.17) is 9.47 Å². The molecule has 20 heavy (non-hydrogen) atoms. The van der Waals surface area contributed by atoms with E-state index in [1.54, 1.807) is 12.3 Å². The highest BCUT2D eigenvalue weighted by Gasteiger charge is 2.04. The molecule has 0 unspecified atom stereocenters. The molecule has 0 radical (unpaired) electrons. The fourth-order valence-electron chi connectivity index (χ4n) is 1.67. The number of nitrogens with zero attached hydrogens (tertiary/aromatic N) is 2. The Hall–Kier alpha value is -2.14. The summed E-state index contributed by atoms with van der Waals surface area (Å²) >= 11 is 0. The maximum absolute atomic E-state index is 5.61. The van der Waals surface area contributed by atoms with E-state index in [2.05, 4.69) is 15.3 Å². The van der Waals surface area contributed by atoms with E-state index in [9.17, 15) is 0 Å². The van der Waals surface area contributed by atoms with Crippen molar-refractivity contribution in [2.24, 2.45) is 0 Å². The summed E-state index contributed by atoms with van der Waals surface area (Å²) in [5.41, 5.74) is 1.19. The molecule has 106 valence electrons.